The Labute approximate surface area is 97.4 Å². The molecule has 4 nitrogen and oxygen atoms in total. The molecule has 0 spiro atoms. The molecule has 0 aromatic rings. The molecule has 0 fully saturated rings. The first kappa shape index (κ1) is 14.9. The number of carboxylic acid groups (broad SMARTS) is 1. The summed E-state index contributed by atoms with van der Waals surface area (Å²) in [5.74, 6) is -0.926. The fourth-order valence-electron chi connectivity index (χ4n) is 1.80. The summed E-state index contributed by atoms with van der Waals surface area (Å²) in [6.45, 7) is 9.86. The molecule has 94 valence electrons. The molecule has 0 saturated carbocycles. The van der Waals surface area contributed by atoms with Crippen molar-refractivity contribution in [3.63, 3.8) is 0 Å². The molecule has 0 aliphatic rings. The van der Waals surface area contributed by atoms with Gasteiger partial charge in [-0.3, -0.25) is 9.59 Å². The summed E-state index contributed by atoms with van der Waals surface area (Å²) in [5, 5.41) is 11.1. The lowest BCUT2D eigenvalue weighted by Gasteiger charge is -2.23. The van der Waals surface area contributed by atoms with Crippen LogP contribution in [0.25, 0.3) is 0 Å². The van der Waals surface area contributed by atoms with E-state index in [1.807, 2.05) is 6.92 Å². The second-order valence-electron chi connectivity index (χ2n) is 5.70. The minimum atomic E-state index is -1.00. The van der Waals surface area contributed by atoms with Crippen molar-refractivity contribution in [3.05, 3.63) is 0 Å². The summed E-state index contributed by atoms with van der Waals surface area (Å²) >= 11 is 0. The molecule has 0 bridgehead atoms. The Morgan fingerprint density at radius 2 is 1.75 bits per heavy atom. The highest BCUT2D eigenvalue weighted by atomic mass is 16.4. The number of aliphatic carboxylic acids is 1. The maximum atomic E-state index is 11.5. The molecule has 0 aliphatic carbocycles. The maximum Gasteiger partial charge on any atom is 0.325 e. The highest BCUT2D eigenvalue weighted by Crippen LogP contribution is 2.25. The Kier molecular flexibility index (Phi) is 5.48. The third-order valence-corrected chi connectivity index (χ3v) is 2.24. The van der Waals surface area contributed by atoms with Gasteiger partial charge in [-0.05, 0) is 24.7 Å². The van der Waals surface area contributed by atoms with Gasteiger partial charge in [-0.15, -0.1) is 0 Å². The maximum absolute atomic E-state index is 11.5. The van der Waals surface area contributed by atoms with E-state index in [0.717, 1.165) is 6.42 Å². The van der Waals surface area contributed by atoms with Crippen LogP contribution in [0.4, 0.5) is 0 Å². The first-order valence-corrected chi connectivity index (χ1v) is 5.64. The minimum Gasteiger partial charge on any atom is -0.480 e. The Morgan fingerprint density at radius 1 is 1.25 bits per heavy atom. The van der Waals surface area contributed by atoms with Crippen LogP contribution in [0.1, 0.15) is 47.5 Å². The third-order valence-electron chi connectivity index (χ3n) is 2.24. The van der Waals surface area contributed by atoms with Crippen LogP contribution in [0, 0.1) is 11.3 Å². The lowest BCUT2D eigenvalue weighted by molar-refractivity contribution is -0.141. The predicted octanol–water partition coefficient (Wildman–Crippen LogP) is 2.04. The molecular formula is C12H23NO3. The van der Waals surface area contributed by atoms with Crippen LogP contribution >= 0.6 is 0 Å². The van der Waals surface area contributed by atoms with E-state index in [1.54, 1.807) is 0 Å². The van der Waals surface area contributed by atoms with Crippen molar-refractivity contribution in [2.75, 3.05) is 0 Å². The number of carboxylic acids is 1. The van der Waals surface area contributed by atoms with Crippen molar-refractivity contribution in [1.82, 2.24) is 5.32 Å². The van der Waals surface area contributed by atoms with Crippen LogP contribution in [-0.2, 0) is 9.59 Å². The molecule has 16 heavy (non-hydrogen) atoms. The topological polar surface area (TPSA) is 66.4 Å². The van der Waals surface area contributed by atoms with Crippen molar-refractivity contribution in [1.29, 1.82) is 0 Å². The van der Waals surface area contributed by atoms with Gasteiger partial charge < -0.3 is 10.4 Å². The molecule has 2 N–H and O–H groups in total. The van der Waals surface area contributed by atoms with Crippen molar-refractivity contribution < 1.29 is 14.7 Å². The molecule has 0 aromatic carbocycles. The van der Waals surface area contributed by atoms with Crippen molar-refractivity contribution in [3.8, 4) is 0 Å². The second kappa shape index (κ2) is 5.87. The van der Waals surface area contributed by atoms with Gasteiger partial charge in [0.05, 0.1) is 0 Å². The van der Waals surface area contributed by atoms with Crippen LogP contribution in [0.15, 0.2) is 0 Å². The summed E-state index contributed by atoms with van der Waals surface area (Å²) in [6, 6.07) is -0.811. The van der Waals surface area contributed by atoms with E-state index < -0.39 is 12.0 Å². The Morgan fingerprint density at radius 3 is 2.12 bits per heavy atom. The van der Waals surface area contributed by atoms with Crippen LogP contribution < -0.4 is 5.32 Å². The zero-order valence-corrected chi connectivity index (χ0v) is 10.8. The Hall–Kier alpha value is -1.06. The molecule has 2 atom stereocenters. The lowest BCUT2D eigenvalue weighted by Crippen LogP contribution is -2.39. The van der Waals surface area contributed by atoms with Crippen LogP contribution in [-0.4, -0.2) is 23.0 Å². The molecule has 1 amide bonds. The van der Waals surface area contributed by atoms with E-state index in [2.05, 4.69) is 26.1 Å². The normalized spacial score (nSPS) is 15.3. The number of hydrogen-bond donors (Lipinski definition) is 2. The average Bonchev–Trinajstić information content (AvgIpc) is 1.98. The molecule has 2 unspecified atom stereocenters. The fraction of sp³-hybridized carbons (Fsp3) is 0.833. The zero-order valence-electron chi connectivity index (χ0n) is 10.8. The molecule has 0 saturated heterocycles. The first-order valence-electron chi connectivity index (χ1n) is 5.64. The van der Waals surface area contributed by atoms with Crippen LogP contribution in [0.3, 0.4) is 0 Å². The fourth-order valence-corrected chi connectivity index (χ4v) is 1.80. The molecular weight excluding hydrogens is 206 g/mol. The van der Waals surface area contributed by atoms with E-state index >= 15 is 0 Å². The predicted molar refractivity (Wildman–Crippen MR) is 63.1 cm³/mol. The number of rotatable bonds is 5. The van der Waals surface area contributed by atoms with Gasteiger partial charge in [-0.2, -0.15) is 0 Å². The van der Waals surface area contributed by atoms with Gasteiger partial charge in [0, 0.05) is 6.42 Å². The highest BCUT2D eigenvalue weighted by Gasteiger charge is 2.19. The molecule has 0 rings (SSSR count). The van der Waals surface area contributed by atoms with E-state index in [9.17, 15) is 9.59 Å². The van der Waals surface area contributed by atoms with Crippen LogP contribution in [0.2, 0.25) is 0 Å². The number of carbonyl (C=O) groups excluding carboxylic acids is 1. The minimum absolute atomic E-state index is 0.188. The van der Waals surface area contributed by atoms with E-state index in [1.165, 1.54) is 6.92 Å². The summed E-state index contributed by atoms with van der Waals surface area (Å²) < 4.78 is 0. The van der Waals surface area contributed by atoms with Crippen molar-refractivity contribution in [2.45, 2.75) is 53.5 Å². The molecule has 0 aromatic heterocycles. The quantitative estimate of drug-likeness (QED) is 0.758. The van der Waals surface area contributed by atoms with E-state index in [4.69, 9.17) is 5.11 Å². The largest absolute Gasteiger partial charge is 0.480 e. The Bertz CT molecular complexity index is 255. The summed E-state index contributed by atoms with van der Waals surface area (Å²) in [5.41, 5.74) is 0.193. The monoisotopic (exact) mass is 229 g/mol. The van der Waals surface area contributed by atoms with E-state index in [-0.39, 0.29) is 17.2 Å². The molecule has 0 heterocycles. The second-order valence-corrected chi connectivity index (χ2v) is 5.70. The number of hydrogen-bond acceptors (Lipinski definition) is 2. The van der Waals surface area contributed by atoms with Gasteiger partial charge in [0.25, 0.3) is 0 Å². The van der Waals surface area contributed by atoms with Gasteiger partial charge in [-0.1, -0.05) is 27.7 Å². The molecule has 4 heteroatoms. The highest BCUT2D eigenvalue weighted by molar-refractivity contribution is 5.83. The van der Waals surface area contributed by atoms with Crippen molar-refractivity contribution in [2.24, 2.45) is 11.3 Å². The van der Waals surface area contributed by atoms with Gasteiger partial charge in [0.2, 0.25) is 5.91 Å². The third kappa shape index (κ3) is 7.26. The number of amides is 1. The first-order chi connectivity index (χ1) is 7.11. The smallest absolute Gasteiger partial charge is 0.325 e. The zero-order chi connectivity index (χ0) is 12.9. The van der Waals surface area contributed by atoms with Gasteiger partial charge in [0.1, 0.15) is 6.04 Å². The summed E-state index contributed by atoms with van der Waals surface area (Å²) in [4.78, 5) is 22.0. The SMILES string of the molecule is CC(CC(=O)NC(C)C(=O)O)CC(C)(C)C. The van der Waals surface area contributed by atoms with E-state index in [0.29, 0.717) is 6.42 Å². The molecule has 0 aliphatic heterocycles. The van der Waals surface area contributed by atoms with Gasteiger partial charge >= 0.3 is 5.97 Å². The van der Waals surface area contributed by atoms with Gasteiger partial charge in [0.15, 0.2) is 0 Å². The molecule has 0 radical (unpaired) electrons. The van der Waals surface area contributed by atoms with Crippen molar-refractivity contribution >= 4 is 11.9 Å². The average molecular weight is 229 g/mol. The number of carbonyl (C=O) groups is 2. The standard InChI is InChI=1S/C12H23NO3/c1-8(7-12(3,4)5)6-10(14)13-9(2)11(15)16/h8-9H,6-7H2,1-5H3,(H,13,14)(H,15,16). The van der Waals surface area contributed by atoms with Gasteiger partial charge in [-0.25, -0.2) is 0 Å². The number of nitrogens with one attached hydrogen (secondary N) is 1. The summed E-state index contributed by atoms with van der Waals surface area (Å²) in [6.07, 6.45) is 1.33. The summed E-state index contributed by atoms with van der Waals surface area (Å²) in [7, 11) is 0. The van der Waals surface area contributed by atoms with Crippen LogP contribution in [0.5, 0.6) is 0 Å². The lowest BCUT2D eigenvalue weighted by atomic mass is 9.84. The Balaban J connectivity index is 4.01.